The Bertz CT molecular complexity index is 894. The molecule has 1 aromatic carbocycles. The zero-order valence-corrected chi connectivity index (χ0v) is 14.8. The van der Waals surface area contributed by atoms with E-state index in [1.807, 2.05) is 6.92 Å². The quantitative estimate of drug-likeness (QED) is 0.819. The van der Waals surface area contributed by atoms with E-state index in [1.54, 1.807) is 6.92 Å². The van der Waals surface area contributed by atoms with E-state index in [-0.39, 0.29) is 22.3 Å². The van der Waals surface area contributed by atoms with Gasteiger partial charge < -0.3 is 9.88 Å². The van der Waals surface area contributed by atoms with Crippen molar-refractivity contribution in [2.45, 2.75) is 31.2 Å². The predicted octanol–water partition coefficient (Wildman–Crippen LogP) is 2.63. The van der Waals surface area contributed by atoms with Gasteiger partial charge >= 0.3 is 0 Å². The Morgan fingerprint density at radius 3 is 2.52 bits per heavy atom. The van der Waals surface area contributed by atoms with E-state index in [0.29, 0.717) is 6.42 Å². The Morgan fingerprint density at radius 1 is 1.24 bits per heavy atom. The summed E-state index contributed by atoms with van der Waals surface area (Å²) in [5, 5.41) is 2.40. The van der Waals surface area contributed by atoms with E-state index >= 15 is 0 Å². The van der Waals surface area contributed by atoms with E-state index in [9.17, 15) is 22.0 Å². The van der Waals surface area contributed by atoms with Crippen LogP contribution in [0.2, 0.25) is 0 Å². The van der Waals surface area contributed by atoms with Gasteiger partial charge in [-0.15, -0.1) is 0 Å². The Kier molecular flexibility index (Phi) is 5.58. The first-order valence-electron chi connectivity index (χ1n) is 7.59. The third-order valence-corrected chi connectivity index (χ3v) is 5.23. The minimum atomic E-state index is -3.75. The first-order chi connectivity index (χ1) is 11.6. The van der Waals surface area contributed by atoms with Crippen molar-refractivity contribution in [3.05, 3.63) is 47.8 Å². The molecule has 0 radical (unpaired) electrons. The van der Waals surface area contributed by atoms with Crippen LogP contribution in [0.15, 0.2) is 35.4 Å². The van der Waals surface area contributed by atoms with Gasteiger partial charge in [0.15, 0.2) is 11.6 Å². The maximum absolute atomic E-state index is 13.2. The average Bonchev–Trinajstić information content (AvgIpc) is 2.93. The summed E-state index contributed by atoms with van der Waals surface area (Å²) in [5.74, 6) is -2.76. The van der Waals surface area contributed by atoms with Crippen LogP contribution in [0.5, 0.6) is 0 Å². The van der Waals surface area contributed by atoms with Crippen molar-refractivity contribution in [2.24, 2.45) is 7.05 Å². The first kappa shape index (κ1) is 19.1. The minimum Gasteiger partial charge on any atom is -0.345 e. The molecule has 2 N–H and O–H groups in total. The van der Waals surface area contributed by atoms with Crippen molar-refractivity contribution in [2.75, 3.05) is 5.32 Å². The molecule has 0 spiro atoms. The zero-order chi connectivity index (χ0) is 18.8. The SMILES string of the molecule is CC[C@@H](C)NS(=O)(=O)c1cc(C(=O)Nc2ccc(F)c(F)c2)n(C)c1. The van der Waals surface area contributed by atoms with Crippen LogP contribution in [-0.4, -0.2) is 24.9 Å². The van der Waals surface area contributed by atoms with Gasteiger partial charge in [-0.1, -0.05) is 6.92 Å². The van der Waals surface area contributed by atoms with Crippen molar-refractivity contribution in [3.63, 3.8) is 0 Å². The van der Waals surface area contributed by atoms with E-state index in [1.165, 1.54) is 29.9 Å². The number of hydrogen-bond acceptors (Lipinski definition) is 3. The number of aryl methyl sites for hydroxylation is 1. The summed E-state index contributed by atoms with van der Waals surface area (Å²) in [6.07, 6.45) is 1.93. The molecule has 136 valence electrons. The number of hydrogen-bond donors (Lipinski definition) is 2. The third-order valence-electron chi connectivity index (χ3n) is 3.67. The Labute approximate surface area is 144 Å². The second-order valence-electron chi connectivity index (χ2n) is 5.69. The molecule has 0 fully saturated rings. The van der Waals surface area contributed by atoms with Gasteiger partial charge in [0.05, 0.1) is 0 Å². The van der Waals surface area contributed by atoms with Crippen LogP contribution >= 0.6 is 0 Å². The number of anilines is 1. The van der Waals surface area contributed by atoms with Gasteiger partial charge in [0.2, 0.25) is 10.0 Å². The molecule has 1 atom stereocenters. The smallest absolute Gasteiger partial charge is 0.272 e. The highest BCUT2D eigenvalue weighted by molar-refractivity contribution is 7.89. The molecule has 0 aliphatic carbocycles. The van der Waals surface area contributed by atoms with E-state index in [2.05, 4.69) is 10.0 Å². The summed E-state index contributed by atoms with van der Waals surface area (Å²) in [4.78, 5) is 12.2. The lowest BCUT2D eigenvalue weighted by molar-refractivity contribution is 0.101. The lowest BCUT2D eigenvalue weighted by Gasteiger charge is -2.10. The predicted molar refractivity (Wildman–Crippen MR) is 89.8 cm³/mol. The van der Waals surface area contributed by atoms with Gasteiger partial charge in [-0.25, -0.2) is 21.9 Å². The molecule has 1 amide bonds. The molecule has 0 unspecified atom stereocenters. The number of benzene rings is 1. The maximum atomic E-state index is 13.2. The van der Waals surface area contributed by atoms with Crippen molar-refractivity contribution in [1.29, 1.82) is 0 Å². The minimum absolute atomic E-state index is 0.0502. The highest BCUT2D eigenvalue weighted by Crippen LogP contribution is 2.17. The average molecular weight is 371 g/mol. The van der Waals surface area contributed by atoms with Gasteiger partial charge in [0, 0.05) is 31.0 Å². The zero-order valence-electron chi connectivity index (χ0n) is 14.0. The molecule has 25 heavy (non-hydrogen) atoms. The van der Waals surface area contributed by atoms with Crippen LogP contribution < -0.4 is 10.0 Å². The molecular weight excluding hydrogens is 352 g/mol. The van der Waals surface area contributed by atoms with Crippen molar-refractivity contribution >= 4 is 21.6 Å². The fourth-order valence-corrected chi connectivity index (χ4v) is 3.49. The molecule has 6 nitrogen and oxygen atoms in total. The lowest BCUT2D eigenvalue weighted by Crippen LogP contribution is -2.31. The normalized spacial score (nSPS) is 12.8. The number of carbonyl (C=O) groups is 1. The molecule has 2 aromatic rings. The Hall–Kier alpha value is -2.26. The highest BCUT2D eigenvalue weighted by Gasteiger charge is 2.22. The van der Waals surface area contributed by atoms with Crippen LogP contribution in [0, 0.1) is 11.6 Å². The molecule has 0 bridgehead atoms. The Morgan fingerprint density at radius 2 is 1.92 bits per heavy atom. The summed E-state index contributed by atoms with van der Waals surface area (Å²) in [6.45, 7) is 3.58. The van der Waals surface area contributed by atoms with E-state index in [4.69, 9.17) is 0 Å². The second-order valence-corrected chi connectivity index (χ2v) is 7.40. The molecule has 9 heteroatoms. The maximum Gasteiger partial charge on any atom is 0.272 e. The molecule has 2 rings (SSSR count). The number of nitrogens with zero attached hydrogens (tertiary/aromatic N) is 1. The number of amides is 1. The fraction of sp³-hybridized carbons (Fsp3) is 0.312. The molecule has 0 aliphatic heterocycles. The van der Waals surface area contributed by atoms with Gasteiger partial charge in [-0.05, 0) is 31.5 Å². The number of nitrogens with one attached hydrogen (secondary N) is 2. The highest BCUT2D eigenvalue weighted by atomic mass is 32.2. The number of carbonyl (C=O) groups excluding carboxylic acids is 1. The molecule has 1 aromatic heterocycles. The van der Waals surface area contributed by atoms with Crippen molar-refractivity contribution in [1.82, 2.24) is 9.29 Å². The van der Waals surface area contributed by atoms with Crippen LogP contribution in [0.1, 0.15) is 30.8 Å². The third kappa shape index (κ3) is 4.43. The van der Waals surface area contributed by atoms with Crippen LogP contribution in [0.4, 0.5) is 14.5 Å². The number of rotatable bonds is 6. The van der Waals surface area contributed by atoms with Crippen LogP contribution in [-0.2, 0) is 17.1 Å². The van der Waals surface area contributed by atoms with Crippen LogP contribution in [0.3, 0.4) is 0 Å². The summed E-state index contributed by atoms with van der Waals surface area (Å²) < 4.78 is 54.5. The van der Waals surface area contributed by atoms with Gasteiger partial charge in [-0.3, -0.25) is 4.79 Å². The molecule has 1 heterocycles. The van der Waals surface area contributed by atoms with Gasteiger partial charge in [0.25, 0.3) is 5.91 Å². The fourth-order valence-electron chi connectivity index (χ4n) is 2.09. The number of sulfonamides is 1. The second kappa shape index (κ2) is 7.32. The lowest BCUT2D eigenvalue weighted by atomic mass is 10.3. The topological polar surface area (TPSA) is 80.2 Å². The number of halogens is 2. The van der Waals surface area contributed by atoms with E-state index in [0.717, 1.165) is 12.1 Å². The molecule has 0 saturated heterocycles. The summed E-state index contributed by atoms with van der Waals surface area (Å²) in [6, 6.07) is 3.92. The molecule has 0 aliphatic rings. The summed E-state index contributed by atoms with van der Waals surface area (Å²) >= 11 is 0. The first-order valence-corrected chi connectivity index (χ1v) is 9.07. The largest absolute Gasteiger partial charge is 0.345 e. The van der Waals surface area contributed by atoms with Crippen LogP contribution in [0.25, 0.3) is 0 Å². The summed E-state index contributed by atoms with van der Waals surface area (Å²) in [7, 11) is -2.24. The monoisotopic (exact) mass is 371 g/mol. The van der Waals surface area contributed by atoms with Crippen molar-refractivity contribution in [3.8, 4) is 0 Å². The van der Waals surface area contributed by atoms with E-state index < -0.39 is 27.6 Å². The van der Waals surface area contributed by atoms with Crippen molar-refractivity contribution < 1.29 is 22.0 Å². The summed E-state index contributed by atoms with van der Waals surface area (Å²) in [5.41, 5.74) is 0.126. The number of aromatic nitrogens is 1. The van der Waals surface area contributed by atoms with Gasteiger partial charge in [0.1, 0.15) is 10.6 Å². The standard InChI is InChI=1S/C16H19F2N3O3S/c1-4-10(2)20-25(23,24)12-8-15(21(3)9-12)16(22)19-11-5-6-13(17)14(18)7-11/h5-10,20H,4H2,1-3H3,(H,19,22)/t10-/m1/s1. The molecule has 0 saturated carbocycles. The molecular formula is C16H19F2N3O3S. The Balaban J connectivity index is 2.24. The van der Waals surface area contributed by atoms with Gasteiger partial charge in [-0.2, -0.15) is 0 Å².